The fraction of sp³-hybridized carbons (Fsp3) is 0.581. The van der Waals surface area contributed by atoms with Crippen molar-refractivity contribution in [2.24, 2.45) is 0 Å². The SMILES string of the molecule is CCC=CCC=CCC=CCC=CCCCCCCC(=O)OC(CO)COC(=O)CCCC=CCC=CCC=CCC=CCCCCC. The largest absolute Gasteiger partial charge is 0.462 e. The molecule has 0 aromatic carbocycles. The molecule has 270 valence electrons. The molecule has 1 unspecified atom stereocenters. The van der Waals surface area contributed by atoms with Gasteiger partial charge in [0.1, 0.15) is 6.61 Å². The van der Waals surface area contributed by atoms with Gasteiger partial charge in [-0.05, 0) is 89.9 Å². The summed E-state index contributed by atoms with van der Waals surface area (Å²) in [6.07, 6.45) is 53.2. The number of hydrogen-bond acceptors (Lipinski definition) is 5. The molecular formula is C43H68O5. The lowest BCUT2D eigenvalue weighted by Gasteiger charge is -2.15. The van der Waals surface area contributed by atoms with Crippen LogP contribution in [-0.2, 0) is 19.1 Å². The van der Waals surface area contributed by atoms with Crippen LogP contribution in [0.2, 0.25) is 0 Å². The highest BCUT2D eigenvalue weighted by Gasteiger charge is 2.15. The first-order valence-electron chi connectivity index (χ1n) is 18.8. The van der Waals surface area contributed by atoms with Crippen molar-refractivity contribution >= 4 is 11.9 Å². The number of rotatable bonds is 32. The van der Waals surface area contributed by atoms with Crippen LogP contribution in [0, 0.1) is 0 Å². The van der Waals surface area contributed by atoms with Crippen LogP contribution in [0.25, 0.3) is 0 Å². The summed E-state index contributed by atoms with van der Waals surface area (Å²) < 4.78 is 10.5. The second-order valence-corrected chi connectivity index (χ2v) is 11.9. The summed E-state index contributed by atoms with van der Waals surface area (Å²) in [5.74, 6) is -0.696. The van der Waals surface area contributed by atoms with Crippen LogP contribution in [0.4, 0.5) is 0 Å². The van der Waals surface area contributed by atoms with Crippen molar-refractivity contribution in [2.45, 2.75) is 148 Å². The van der Waals surface area contributed by atoms with Gasteiger partial charge in [-0.25, -0.2) is 0 Å². The van der Waals surface area contributed by atoms with Gasteiger partial charge in [0, 0.05) is 12.8 Å². The lowest BCUT2D eigenvalue weighted by molar-refractivity contribution is -0.161. The Labute approximate surface area is 294 Å². The summed E-state index contributed by atoms with van der Waals surface area (Å²) in [5.41, 5.74) is 0. The first kappa shape index (κ1) is 44.8. The summed E-state index contributed by atoms with van der Waals surface area (Å²) in [4.78, 5) is 24.2. The Balaban J connectivity index is 3.76. The molecule has 0 aromatic heterocycles. The van der Waals surface area contributed by atoms with Gasteiger partial charge in [0.15, 0.2) is 6.10 Å². The molecule has 1 atom stereocenters. The summed E-state index contributed by atoms with van der Waals surface area (Å²) in [6.45, 7) is 3.90. The smallest absolute Gasteiger partial charge is 0.306 e. The number of aliphatic hydroxyl groups is 1. The molecular weight excluding hydrogens is 596 g/mol. The van der Waals surface area contributed by atoms with E-state index in [4.69, 9.17) is 9.47 Å². The number of esters is 2. The number of carbonyl (C=O) groups excluding carboxylic acids is 2. The van der Waals surface area contributed by atoms with Gasteiger partial charge in [0.25, 0.3) is 0 Å². The van der Waals surface area contributed by atoms with E-state index in [-0.39, 0.29) is 25.2 Å². The molecule has 1 N–H and O–H groups in total. The molecule has 0 saturated heterocycles. The topological polar surface area (TPSA) is 72.8 Å². The number of allylic oxidation sites excluding steroid dienone is 16. The van der Waals surface area contributed by atoms with Crippen LogP contribution < -0.4 is 0 Å². The van der Waals surface area contributed by atoms with Gasteiger partial charge >= 0.3 is 11.9 Å². The van der Waals surface area contributed by atoms with E-state index < -0.39 is 6.10 Å². The van der Waals surface area contributed by atoms with Crippen molar-refractivity contribution in [2.75, 3.05) is 13.2 Å². The zero-order chi connectivity index (χ0) is 35.0. The molecule has 0 aromatic rings. The Morgan fingerprint density at radius 3 is 1.40 bits per heavy atom. The summed E-state index contributed by atoms with van der Waals surface area (Å²) in [5, 5.41) is 9.54. The lowest BCUT2D eigenvalue weighted by atomic mass is 10.1. The van der Waals surface area contributed by atoms with E-state index in [9.17, 15) is 14.7 Å². The number of hydrogen-bond donors (Lipinski definition) is 1. The number of unbranched alkanes of at least 4 members (excludes halogenated alkanes) is 8. The molecule has 0 rings (SSSR count). The van der Waals surface area contributed by atoms with Crippen molar-refractivity contribution in [1.82, 2.24) is 0 Å². The monoisotopic (exact) mass is 665 g/mol. The summed E-state index contributed by atoms with van der Waals surface area (Å²) >= 11 is 0. The maximum Gasteiger partial charge on any atom is 0.306 e. The molecule has 48 heavy (non-hydrogen) atoms. The summed E-state index contributed by atoms with van der Waals surface area (Å²) in [7, 11) is 0. The van der Waals surface area contributed by atoms with E-state index in [2.05, 4.69) is 111 Å². The van der Waals surface area contributed by atoms with Crippen LogP contribution in [-0.4, -0.2) is 36.4 Å². The van der Waals surface area contributed by atoms with E-state index in [1.165, 1.54) is 25.7 Å². The lowest BCUT2D eigenvalue weighted by Crippen LogP contribution is -2.28. The van der Waals surface area contributed by atoms with Gasteiger partial charge < -0.3 is 14.6 Å². The third kappa shape index (κ3) is 35.7. The molecule has 5 nitrogen and oxygen atoms in total. The van der Waals surface area contributed by atoms with Crippen LogP contribution in [0.3, 0.4) is 0 Å². The molecule has 0 heterocycles. The maximum atomic E-state index is 12.1. The van der Waals surface area contributed by atoms with E-state index in [0.29, 0.717) is 19.3 Å². The fourth-order valence-corrected chi connectivity index (χ4v) is 4.53. The molecule has 5 heteroatoms. The maximum absolute atomic E-state index is 12.1. The van der Waals surface area contributed by atoms with E-state index in [1.807, 2.05) is 0 Å². The van der Waals surface area contributed by atoms with Gasteiger partial charge in [0.2, 0.25) is 0 Å². The average molecular weight is 665 g/mol. The average Bonchev–Trinajstić information content (AvgIpc) is 3.09. The van der Waals surface area contributed by atoms with E-state index >= 15 is 0 Å². The van der Waals surface area contributed by atoms with Gasteiger partial charge in [0.05, 0.1) is 6.61 Å². The minimum Gasteiger partial charge on any atom is -0.462 e. The third-order valence-electron chi connectivity index (χ3n) is 7.36. The minimum absolute atomic E-state index is 0.111. The van der Waals surface area contributed by atoms with E-state index in [0.717, 1.165) is 83.5 Å². The Morgan fingerprint density at radius 1 is 0.500 bits per heavy atom. The molecule has 0 amide bonds. The molecule has 0 bridgehead atoms. The van der Waals surface area contributed by atoms with Crippen LogP contribution in [0.15, 0.2) is 97.2 Å². The second-order valence-electron chi connectivity index (χ2n) is 11.9. The normalized spacial score (nSPS) is 13.3. The van der Waals surface area contributed by atoms with E-state index in [1.54, 1.807) is 0 Å². The first-order chi connectivity index (χ1) is 23.6. The zero-order valence-electron chi connectivity index (χ0n) is 30.5. The molecule has 0 aliphatic rings. The van der Waals surface area contributed by atoms with Gasteiger partial charge in [-0.2, -0.15) is 0 Å². The highest BCUT2D eigenvalue weighted by molar-refractivity contribution is 5.70. The Kier molecular flexibility index (Phi) is 35.7. The van der Waals surface area contributed by atoms with Crippen LogP contribution in [0.5, 0.6) is 0 Å². The van der Waals surface area contributed by atoms with Crippen molar-refractivity contribution in [3.63, 3.8) is 0 Å². The second kappa shape index (κ2) is 38.3. The predicted octanol–water partition coefficient (Wildman–Crippen LogP) is 11.7. The van der Waals surface area contributed by atoms with Gasteiger partial charge in [-0.1, -0.05) is 137 Å². The number of ether oxygens (including phenoxy) is 2. The Morgan fingerprint density at radius 2 is 0.917 bits per heavy atom. The quantitative estimate of drug-likeness (QED) is 0.0440. The van der Waals surface area contributed by atoms with Crippen molar-refractivity contribution in [3.8, 4) is 0 Å². The molecule has 0 aliphatic heterocycles. The van der Waals surface area contributed by atoms with Gasteiger partial charge in [-0.15, -0.1) is 0 Å². The molecule has 0 spiro atoms. The molecule has 0 saturated carbocycles. The first-order valence-corrected chi connectivity index (χ1v) is 18.8. The van der Waals surface area contributed by atoms with Crippen molar-refractivity contribution < 1.29 is 24.2 Å². The summed E-state index contributed by atoms with van der Waals surface area (Å²) in [6, 6.07) is 0. The highest BCUT2D eigenvalue weighted by Crippen LogP contribution is 2.09. The van der Waals surface area contributed by atoms with Crippen LogP contribution >= 0.6 is 0 Å². The molecule has 0 radical (unpaired) electrons. The zero-order valence-corrected chi connectivity index (χ0v) is 30.5. The van der Waals surface area contributed by atoms with Crippen molar-refractivity contribution in [3.05, 3.63) is 97.2 Å². The predicted molar refractivity (Wildman–Crippen MR) is 205 cm³/mol. The standard InChI is InChI=1S/C43H68O5/c1-3-5-7-9-11-13-15-17-19-21-23-25-27-29-31-33-35-37-42(45)47-40-41(39-44)48-43(46)38-36-34-32-30-28-26-24-22-20-18-16-14-12-10-8-6-4-2/h6,8,11-14,17-20,23-26,29,31,41,44H,3-5,7,9-10,15-16,21-22,27-28,30,32-40H2,1-2H3. The van der Waals surface area contributed by atoms with Crippen molar-refractivity contribution in [1.29, 1.82) is 0 Å². The van der Waals surface area contributed by atoms with Gasteiger partial charge in [-0.3, -0.25) is 9.59 Å². The number of carbonyl (C=O) groups is 2. The fourth-order valence-electron chi connectivity index (χ4n) is 4.53. The van der Waals surface area contributed by atoms with Crippen LogP contribution in [0.1, 0.15) is 142 Å². The third-order valence-corrected chi connectivity index (χ3v) is 7.36. The Bertz CT molecular complexity index is 979. The Hall–Kier alpha value is -3.18. The minimum atomic E-state index is -0.812. The molecule has 0 fully saturated rings. The highest BCUT2D eigenvalue weighted by atomic mass is 16.6. The number of aliphatic hydroxyl groups excluding tert-OH is 1. The molecule has 0 aliphatic carbocycles.